The Kier molecular flexibility index (Phi) is 6.53. The van der Waals surface area contributed by atoms with Crippen molar-refractivity contribution in [1.82, 2.24) is 19.9 Å². The van der Waals surface area contributed by atoms with Crippen molar-refractivity contribution in [2.45, 2.75) is 33.2 Å². The van der Waals surface area contributed by atoms with E-state index in [4.69, 9.17) is 4.52 Å². The maximum atomic E-state index is 12.4. The van der Waals surface area contributed by atoms with Crippen LogP contribution in [0.5, 0.6) is 0 Å². The molecule has 3 rings (SSSR count). The summed E-state index contributed by atoms with van der Waals surface area (Å²) in [4.78, 5) is 32.8. The molecule has 0 spiro atoms. The van der Waals surface area contributed by atoms with Gasteiger partial charge in [-0.15, -0.1) is 0 Å². The number of carbonyl (C=O) groups excluding carboxylic acids is 2. The first-order chi connectivity index (χ1) is 13.4. The van der Waals surface area contributed by atoms with Crippen LogP contribution < -0.4 is 5.32 Å². The van der Waals surface area contributed by atoms with Crippen LogP contribution in [0, 0.1) is 0 Å². The minimum Gasteiger partial charge on any atom is -0.338 e. The molecule has 1 aromatic heterocycles. The summed E-state index contributed by atoms with van der Waals surface area (Å²) in [7, 11) is 0. The summed E-state index contributed by atoms with van der Waals surface area (Å²) in [5.41, 5.74) is 1.09. The van der Waals surface area contributed by atoms with E-state index in [0.29, 0.717) is 30.2 Å². The summed E-state index contributed by atoms with van der Waals surface area (Å²) in [6, 6.07) is 7.07. The topological polar surface area (TPSA) is 91.6 Å². The highest BCUT2D eigenvalue weighted by Crippen LogP contribution is 2.16. The molecular weight excluding hydrogens is 358 g/mol. The molecule has 1 aliphatic heterocycles. The highest BCUT2D eigenvalue weighted by molar-refractivity contribution is 6.04. The average Bonchev–Trinajstić information content (AvgIpc) is 3.12. The van der Waals surface area contributed by atoms with Crippen LogP contribution in [0.4, 0.5) is 5.69 Å². The number of hydrogen-bond donors (Lipinski definition) is 1. The molecule has 0 radical (unpaired) electrons. The molecule has 2 aromatic rings. The maximum Gasteiger partial charge on any atom is 0.240 e. The number of Topliss-reactive ketones (excluding diaryl/α,β-unsaturated/α-hetero) is 1. The van der Waals surface area contributed by atoms with Gasteiger partial charge in [0.05, 0.1) is 18.8 Å². The quantitative estimate of drug-likeness (QED) is 0.730. The molecule has 0 saturated carbocycles. The average molecular weight is 385 g/mol. The third kappa shape index (κ3) is 5.24. The first-order valence-electron chi connectivity index (χ1n) is 9.59. The van der Waals surface area contributed by atoms with Crippen LogP contribution in [0.25, 0.3) is 0 Å². The molecule has 0 bridgehead atoms. The van der Waals surface area contributed by atoms with Gasteiger partial charge in [-0.05, 0) is 19.1 Å². The van der Waals surface area contributed by atoms with Crippen LogP contribution in [0.1, 0.15) is 48.8 Å². The van der Waals surface area contributed by atoms with E-state index in [0.717, 1.165) is 32.0 Å². The van der Waals surface area contributed by atoms with E-state index >= 15 is 0 Å². The van der Waals surface area contributed by atoms with E-state index in [9.17, 15) is 9.59 Å². The number of anilines is 1. The lowest BCUT2D eigenvalue weighted by molar-refractivity contribution is -0.117. The van der Waals surface area contributed by atoms with Crippen LogP contribution in [0.3, 0.4) is 0 Å². The molecular formula is C20H27N5O3. The summed E-state index contributed by atoms with van der Waals surface area (Å²) in [5, 5.41) is 6.85. The van der Waals surface area contributed by atoms with Crippen LogP contribution in [0.2, 0.25) is 0 Å². The Morgan fingerprint density at radius 3 is 2.46 bits per heavy atom. The van der Waals surface area contributed by atoms with Crippen molar-refractivity contribution < 1.29 is 14.1 Å². The van der Waals surface area contributed by atoms with Crippen molar-refractivity contribution in [2.75, 3.05) is 38.0 Å². The minimum absolute atomic E-state index is 0.0637. The molecule has 0 atom stereocenters. The van der Waals surface area contributed by atoms with Gasteiger partial charge in [0.1, 0.15) is 0 Å². The fraction of sp³-hybridized carbons (Fsp3) is 0.500. The zero-order valence-corrected chi connectivity index (χ0v) is 16.6. The molecule has 8 nitrogen and oxygen atoms in total. The first-order valence-corrected chi connectivity index (χ1v) is 9.59. The summed E-state index contributed by atoms with van der Waals surface area (Å²) < 4.78 is 5.31. The number of nitrogens with one attached hydrogen (secondary N) is 1. The number of hydrogen-bond acceptors (Lipinski definition) is 7. The van der Waals surface area contributed by atoms with Gasteiger partial charge in [0.2, 0.25) is 11.8 Å². The van der Waals surface area contributed by atoms with Crippen LogP contribution in [-0.4, -0.2) is 64.4 Å². The first kappa shape index (κ1) is 20.2. The lowest BCUT2D eigenvalue weighted by atomic mass is 10.1. The third-order valence-corrected chi connectivity index (χ3v) is 4.77. The largest absolute Gasteiger partial charge is 0.338 e. The van der Waals surface area contributed by atoms with Crippen molar-refractivity contribution in [3.63, 3.8) is 0 Å². The summed E-state index contributed by atoms with van der Waals surface area (Å²) in [5.74, 6) is 1.44. The number of rotatable bonds is 7. The minimum atomic E-state index is -0.111. The predicted molar refractivity (Wildman–Crippen MR) is 105 cm³/mol. The van der Waals surface area contributed by atoms with Gasteiger partial charge < -0.3 is 9.84 Å². The Bertz CT molecular complexity index is 825. The molecule has 1 amide bonds. The molecule has 1 N–H and O–H groups in total. The third-order valence-electron chi connectivity index (χ3n) is 4.77. The number of piperazine rings is 1. The van der Waals surface area contributed by atoms with Crippen molar-refractivity contribution >= 4 is 17.4 Å². The van der Waals surface area contributed by atoms with E-state index in [1.54, 1.807) is 18.2 Å². The zero-order valence-electron chi connectivity index (χ0n) is 16.6. The van der Waals surface area contributed by atoms with E-state index in [2.05, 4.69) is 25.3 Å². The number of benzene rings is 1. The number of ketones is 1. The normalized spacial score (nSPS) is 15.7. The van der Waals surface area contributed by atoms with Crippen molar-refractivity contribution in [1.29, 1.82) is 0 Å². The summed E-state index contributed by atoms with van der Waals surface area (Å²) in [6.45, 7) is 9.73. The second-order valence-electron chi connectivity index (χ2n) is 7.40. The SMILES string of the molecule is CC(=O)c1ccccc1NC(=O)CN1CCN(Cc2nc(C(C)C)no2)CC1. The van der Waals surface area contributed by atoms with Gasteiger partial charge in [0.25, 0.3) is 0 Å². The van der Waals surface area contributed by atoms with E-state index < -0.39 is 0 Å². The molecule has 0 unspecified atom stereocenters. The van der Waals surface area contributed by atoms with Crippen molar-refractivity contribution in [3.05, 3.63) is 41.5 Å². The number of nitrogens with zero attached hydrogens (tertiary/aromatic N) is 4. The molecule has 0 aliphatic carbocycles. The number of amides is 1. The van der Waals surface area contributed by atoms with Crippen LogP contribution in [0.15, 0.2) is 28.8 Å². The molecule has 1 aromatic carbocycles. The Morgan fingerprint density at radius 1 is 1.14 bits per heavy atom. The lowest BCUT2D eigenvalue weighted by Gasteiger charge is -2.33. The maximum absolute atomic E-state index is 12.4. The highest BCUT2D eigenvalue weighted by Gasteiger charge is 2.21. The van der Waals surface area contributed by atoms with E-state index in [-0.39, 0.29) is 17.6 Å². The Balaban J connectivity index is 1.46. The van der Waals surface area contributed by atoms with Gasteiger partial charge >= 0.3 is 0 Å². The van der Waals surface area contributed by atoms with Gasteiger partial charge in [-0.1, -0.05) is 31.1 Å². The van der Waals surface area contributed by atoms with Crippen molar-refractivity contribution in [3.8, 4) is 0 Å². The van der Waals surface area contributed by atoms with E-state index in [1.165, 1.54) is 6.92 Å². The molecule has 1 saturated heterocycles. The van der Waals surface area contributed by atoms with E-state index in [1.807, 2.05) is 19.9 Å². The predicted octanol–water partition coefficient (Wildman–Crippen LogP) is 2.15. The molecule has 1 aliphatic rings. The standard InChI is InChI=1S/C20H27N5O3/c1-14(2)20-22-19(28-23-20)13-25-10-8-24(9-11-25)12-18(27)21-17-7-5-4-6-16(17)15(3)26/h4-7,14H,8-13H2,1-3H3,(H,21,27). The van der Waals surface area contributed by atoms with Crippen LogP contribution >= 0.6 is 0 Å². The van der Waals surface area contributed by atoms with Crippen LogP contribution in [-0.2, 0) is 11.3 Å². The molecule has 150 valence electrons. The fourth-order valence-electron chi connectivity index (χ4n) is 3.16. The molecule has 1 fully saturated rings. The highest BCUT2D eigenvalue weighted by atomic mass is 16.5. The number of aromatic nitrogens is 2. The fourth-order valence-corrected chi connectivity index (χ4v) is 3.16. The Labute approximate surface area is 164 Å². The second kappa shape index (κ2) is 9.07. The zero-order chi connectivity index (χ0) is 20.1. The van der Waals surface area contributed by atoms with Gasteiger partial charge in [-0.2, -0.15) is 4.98 Å². The lowest BCUT2D eigenvalue weighted by Crippen LogP contribution is -2.48. The Hall–Kier alpha value is -2.58. The van der Waals surface area contributed by atoms with Crippen molar-refractivity contribution in [2.24, 2.45) is 0 Å². The number of carbonyl (C=O) groups is 2. The van der Waals surface area contributed by atoms with Gasteiger partial charge in [0.15, 0.2) is 11.6 Å². The Morgan fingerprint density at radius 2 is 1.82 bits per heavy atom. The van der Waals surface area contributed by atoms with Gasteiger partial charge in [-0.3, -0.25) is 19.4 Å². The van der Waals surface area contributed by atoms with Gasteiger partial charge in [0, 0.05) is 37.7 Å². The number of para-hydroxylation sites is 1. The monoisotopic (exact) mass is 385 g/mol. The molecule has 2 heterocycles. The molecule has 8 heteroatoms. The van der Waals surface area contributed by atoms with Gasteiger partial charge in [-0.25, -0.2) is 0 Å². The molecule has 28 heavy (non-hydrogen) atoms. The second-order valence-corrected chi connectivity index (χ2v) is 7.40. The smallest absolute Gasteiger partial charge is 0.240 e. The summed E-state index contributed by atoms with van der Waals surface area (Å²) in [6.07, 6.45) is 0. The summed E-state index contributed by atoms with van der Waals surface area (Å²) >= 11 is 0.